The van der Waals surface area contributed by atoms with Crippen LogP contribution in [-0.2, 0) is 11.3 Å². The average molecular weight is 325 g/mol. The Hall–Kier alpha value is -3.42. The first-order valence-electron chi connectivity index (χ1n) is 7.22. The topological polar surface area (TPSA) is 113 Å². The minimum Gasteiger partial charge on any atom is -0.480 e. The van der Waals surface area contributed by atoms with E-state index in [0.29, 0.717) is 18.1 Å². The van der Waals surface area contributed by atoms with E-state index in [1.807, 2.05) is 18.2 Å². The van der Waals surface area contributed by atoms with Crippen molar-refractivity contribution in [3.8, 4) is 11.3 Å². The fraction of sp³-hybridized carbons (Fsp3) is 0.125. The number of pyridine rings is 1. The second-order valence-electron chi connectivity index (χ2n) is 4.88. The lowest BCUT2D eigenvalue weighted by molar-refractivity contribution is -0.134. The molecule has 0 aliphatic carbocycles. The standard InChI is InChI=1S/C16H15N5O3/c22-15(23)10-19-16-20-13(11-3-5-17-6-4-11)8-14(21-16)18-9-12-2-1-7-24-12/h1-8H,9-10H2,(H,22,23)(H2,18,19,20,21). The summed E-state index contributed by atoms with van der Waals surface area (Å²) < 4.78 is 5.27. The van der Waals surface area contributed by atoms with Crippen molar-refractivity contribution >= 4 is 17.7 Å². The van der Waals surface area contributed by atoms with E-state index >= 15 is 0 Å². The van der Waals surface area contributed by atoms with E-state index in [1.54, 1.807) is 30.8 Å². The third kappa shape index (κ3) is 4.07. The molecule has 0 radical (unpaired) electrons. The smallest absolute Gasteiger partial charge is 0.322 e. The Morgan fingerprint density at radius 2 is 2.00 bits per heavy atom. The molecule has 3 N–H and O–H groups in total. The van der Waals surface area contributed by atoms with Crippen molar-refractivity contribution in [2.45, 2.75) is 6.54 Å². The van der Waals surface area contributed by atoms with Gasteiger partial charge in [-0.2, -0.15) is 4.98 Å². The Bertz CT molecular complexity index is 806. The van der Waals surface area contributed by atoms with Gasteiger partial charge in [-0.25, -0.2) is 4.98 Å². The van der Waals surface area contributed by atoms with Gasteiger partial charge >= 0.3 is 5.97 Å². The van der Waals surface area contributed by atoms with Gasteiger partial charge in [0, 0.05) is 24.0 Å². The third-order valence-corrected chi connectivity index (χ3v) is 3.12. The van der Waals surface area contributed by atoms with E-state index < -0.39 is 5.97 Å². The summed E-state index contributed by atoms with van der Waals surface area (Å²) >= 11 is 0. The zero-order valence-corrected chi connectivity index (χ0v) is 12.6. The van der Waals surface area contributed by atoms with Gasteiger partial charge in [-0.15, -0.1) is 0 Å². The molecule has 0 saturated heterocycles. The highest BCUT2D eigenvalue weighted by molar-refractivity contribution is 5.72. The van der Waals surface area contributed by atoms with Gasteiger partial charge in [0.05, 0.1) is 18.5 Å². The first-order chi connectivity index (χ1) is 11.7. The second-order valence-corrected chi connectivity index (χ2v) is 4.88. The number of carboxylic acids is 1. The predicted octanol–water partition coefficient (Wildman–Crippen LogP) is 2.24. The van der Waals surface area contributed by atoms with Crippen molar-refractivity contribution in [1.82, 2.24) is 15.0 Å². The van der Waals surface area contributed by atoms with Gasteiger partial charge in [0.2, 0.25) is 5.95 Å². The maximum atomic E-state index is 10.7. The molecule has 3 rings (SSSR count). The minimum atomic E-state index is -0.988. The molecule has 3 heterocycles. The van der Waals surface area contributed by atoms with Crippen molar-refractivity contribution in [3.63, 3.8) is 0 Å². The second kappa shape index (κ2) is 7.23. The van der Waals surface area contributed by atoms with Crippen LogP contribution in [0.25, 0.3) is 11.3 Å². The molecule has 0 spiro atoms. The molecule has 8 nitrogen and oxygen atoms in total. The number of furan rings is 1. The first kappa shape index (κ1) is 15.5. The number of aromatic nitrogens is 3. The van der Waals surface area contributed by atoms with E-state index in [4.69, 9.17) is 9.52 Å². The van der Waals surface area contributed by atoms with Gasteiger partial charge in [0.15, 0.2) is 0 Å². The zero-order valence-electron chi connectivity index (χ0n) is 12.6. The van der Waals surface area contributed by atoms with E-state index in [9.17, 15) is 4.79 Å². The number of aliphatic carboxylic acids is 1. The number of rotatable bonds is 7. The van der Waals surface area contributed by atoms with Crippen LogP contribution in [0, 0.1) is 0 Å². The normalized spacial score (nSPS) is 10.3. The maximum Gasteiger partial charge on any atom is 0.322 e. The molecule has 0 aliphatic rings. The fourth-order valence-electron chi connectivity index (χ4n) is 2.03. The number of hydrogen-bond donors (Lipinski definition) is 3. The highest BCUT2D eigenvalue weighted by atomic mass is 16.4. The summed E-state index contributed by atoms with van der Waals surface area (Å²) in [7, 11) is 0. The summed E-state index contributed by atoms with van der Waals surface area (Å²) in [6, 6.07) is 9.07. The quantitative estimate of drug-likeness (QED) is 0.606. The lowest BCUT2D eigenvalue weighted by atomic mass is 10.2. The Morgan fingerprint density at radius 1 is 1.17 bits per heavy atom. The monoisotopic (exact) mass is 325 g/mol. The number of carbonyl (C=O) groups is 1. The molecule has 0 amide bonds. The molecule has 0 unspecified atom stereocenters. The van der Waals surface area contributed by atoms with E-state index in [2.05, 4.69) is 25.6 Å². The Kier molecular flexibility index (Phi) is 4.66. The molecule has 0 aromatic carbocycles. The van der Waals surface area contributed by atoms with Crippen LogP contribution in [0.4, 0.5) is 11.8 Å². The van der Waals surface area contributed by atoms with Crippen LogP contribution in [-0.4, -0.2) is 32.6 Å². The van der Waals surface area contributed by atoms with Gasteiger partial charge in [0.1, 0.15) is 18.1 Å². The predicted molar refractivity (Wildman–Crippen MR) is 87.4 cm³/mol. The molecule has 0 atom stereocenters. The van der Waals surface area contributed by atoms with Crippen LogP contribution in [0.5, 0.6) is 0 Å². The maximum absolute atomic E-state index is 10.7. The molecule has 24 heavy (non-hydrogen) atoms. The summed E-state index contributed by atoms with van der Waals surface area (Å²) in [6.07, 6.45) is 4.93. The molecule has 0 fully saturated rings. The molecule has 0 saturated carbocycles. The van der Waals surface area contributed by atoms with Gasteiger partial charge < -0.3 is 20.2 Å². The van der Waals surface area contributed by atoms with Crippen LogP contribution in [0.3, 0.4) is 0 Å². The zero-order chi connectivity index (χ0) is 16.8. The minimum absolute atomic E-state index is 0.230. The Balaban J connectivity index is 1.85. The molecule has 0 bridgehead atoms. The SMILES string of the molecule is O=C(O)CNc1nc(NCc2ccco2)cc(-c2ccncc2)n1. The Labute approximate surface area is 137 Å². The number of anilines is 2. The third-order valence-electron chi connectivity index (χ3n) is 3.12. The summed E-state index contributed by atoms with van der Waals surface area (Å²) in [5.74, 6) is 0.562. The number of hydrogen-bond acceptors (Lipinski definition) is 7. The van der Waals surface area contributed by atoms with Gasteiger partial charge in [-0.3, -0.25) is 9.78 Å². The summed E-state index contributed by atoms with van der Waals surface area (Å²) in [5.41, 5.74) is 1.51. The van der Waals surface area contributed by atoms with Crippen LogP contribution in [0.1, 0.15) is 5.76 Å². The molecule has 3 aromatic heterocycles. The van der Waals surface area contributed by atoms with Crippen LogP contribution in [0.2, 0.25) is 0 Å². The Morgan fingerprint density at radius 3 is 2.71 bits per heavy atom. The molecule has 3 aromatic rings. The van der Waals surface area contributed by atoms with Crippen LogP contribution < -0.4 is 10.6 Å². The largest absolute Gasteiger partial charge is 0.480 e. The van der Waals surface area contributed by atoms with Crippen molar-refractivity contribution in [3.05, 3.63) is 54.7 Å². The highest BCUT2D eigenvalue weighted by Gasteiger charge is 2.08. The highest BCUT2D eigenvalue weighted by Crippen LogP contribution is 2.21. The fourth-order valence-corrected chi connectivity index (χ4v) is 2.03. The van der Waals surface area contributed by atoms with Crippen molar-refractivity contribution in [2.24, 2.45) is 0 Å². The summed E-state index contributed by atoms with van der Waals surface area (Å²) in [5, 5.41) is 14.6. The molecular formula is C16H15N5O3. The van der Waals surface area contributed by atoms with E-state index in [-0.39, 0.29) is 12.5 Å². The van der Waals surface area contributed by atoms with Gasteiger partial charge in [-0.1, -0.05) is 0 Å². The summed E-state index contributed by atoms with van der Waals surface area (Å²) in [6.45, 7) is 0.190. The van der Waals surface area contributed by atoms with E-state index in [1.165, 1.54) is 0 Å². The number of carboxylic acid groups (broad SMARTS) is 1. The van der Waals surface area contributed by atoms with Gasteiger partial charge in [0.25, 0.3) is 0 Å². The summed E-state index contributed by atoms with van der Waals surface area (Å²) in [4.78, 5) is 23.3. The molecule has 0 aliphatic heterocycles. The van der Waals surface area contributed by atoms with Crippen LogP contribution in [0.15, 0.2) is 53.4 Å². The average Bonchev–Trinajstić information content (AvgIpc) is 3.12. The first-order valence-corrected chi connectivity index (χ1v) is 7.22. The lowest BCUT2D eigenvalue weighted by Crippen LogP contribution is -2.15. The van der Waals surface area contributed by atoms with Crippen molar-refractivity contribution in [2.75, 3.05) is 17.2 Å². The molecule has 122 valence electrons. The number of nitrogens with zero attached hydrogens (tertiary/aromatic N) is 3. The van der Waals surface area contributed by atoms with Crippen LogP contribution >= 0.6 is 0 Å². The number of nitrogens with one attached hydrogen (secondary N) is 2. The van der Waals surface area contributed by atoms with Crippen molar-refractivity contribution in [1.29, 1.82) is 0 Å². The molecule has 8 heteroatoms. The van der Waals surface area contributed by atoms with Crippen molar-refractivity contribution < 1.29 is 14.3 Å². The molecular weight excluding hydrogens is 310 g/mol. The lowest BCUT2D eigenvalue weighted by Gasteiger charge is -2.10. The van der Waals surface area contributed by atoms with Gasteiger partial charge in [-0.05, 0) is 24.3 Å². The van der Waals surface area contributed by atoms with E-state index in [0.717, 1.165) is 11.3 Å².